The van der Waals surface area contributed by atoms with Gasteiger partial charge in [-0.05, 0) is 12.1 Å². The molecule has 0 radical (unpaired) electrons. The number of amides is 1. The van der Waals surface area contributed by atoms with Gasteiger partial charge in [-0.3, -0.25) is 4.79 Å². The first kappa shape index (κ1) is 11.9. The summed E-state index contributed by atoms with van der Waals surface area (Å²) >= 11 is 0. The van der Waals surface area contributed by atoms with E-state index in [1.807, 2.05) is 6.07 Å². The summed E-state index contributed by atoms with van der Waals surface area (Å²) in [7, 11) is -1.36. The number of carbonyl (C=O) groups excluding carboxylic acids is 1. The van der Waals surface area contributed by atoms with Gasteiger partial charge in [0.2, 0.25) is 0 Å². The molecule has 1 aromatic rings. The molecule has 0 bridgehead atoms. The first-order valence-electron chi connectivity index (χ1n) is 4.20. The Balaban J connectivity index is 2.76. The van der Waals surface area contributed by atoms with Crippen LogP contribution in [-0.2, 0) is 13.6 Å². The maximum Gasteiger partial charge on any atom is 0.418 e. The molecule has 0 atom stereocenters. The summed E-state index contributed by atoms with van der Waals surface area (Å²) in [4.78, 5) is 11.5. The lowest BCUT2D eigenvalue weighted by Gasteiger charge is -2.12. The molecule has 15 heavy (non-hydrogen) atoms. The number of anilines is 1. The van der Waals surface area contributed by atoms with Crippen LogP contribution in [0.15, 0.2) is 30.3 Å². The van der Waals surface area contributed by atoms with Crippen molar-refractivity contribution < 1.29 is 18.4 Å². The van der Waals surface area contributed by atoms with Crippen LogP contribution in [0, 0.1) is 0 Å². The molecule has 0 aliphatic rings. The summed E-state index contributed by atoms with van der Waals surface area (Å²) in [5, 5.41) is 2.43. The highest BCUT2D eigenvalue weighted by Gasteiger charge is 2.32. The van der Waals surface area contributed by atoms with Crippen LogP contribution >= 0.6 is 7.60 Å². The molecule has 1 aromatic carbocycles. The van der Waals surface area contributed by atoms with E-state index in [0.29, 0.717) is 5.69 Å². The van der Waals surface area contributed by atoms with E-state index in [4.69, 9.17) is 0 Å². The number of carbonyl (C=O) groups is 1. The third-order valence-electron chi connectivity index (χ3n) is 1.75. The van der Waals surface area contributed by atoms with Gasteiger partial charge in [0.1, 0.15) is 0 Å². The SMILES string of the molecule is COP(=O)(OC)C(=O)Nc1ccccc1. The van der Waals surface area contributed by atoms with Gasteiger partial charge in [-0.2, -0.15) is 0 Å². The molecule has 1 rings (SSSR count). The first-order valence-corrected chi connectivity index (χ1v) is 5.75. The molecular formula is C9H12NO4P. The molecule has 0 spiro atoms. The van der Waals surface area contributed by atoms with Crippen molar-refractivity contribution in [3.05, 3.63) is 30.3 Å². The normalized spacial score (nSPS) is 11.1. The Hall–Kier alpha value is -1.16. The minimum absolute atomic E-state index is 0.539. The topological polar surface area (TPSA) is 64.6 Å². The Morgan fingerprint density at radius 3 is 2.20 bits per heavy atom. The maximum atomic E-state index is 11.6. The fourth-order valence-electron chi connectivity index (χ4n) is 0.954. The fourth-order valence-corrected chi connectivity index (χ4v) is 1.70. The third-order valence-corrected chi connectivity index (χ3v) is 3.33. The standard InChI is InChI=1S/C9H12NO4P/c1-13-15(12,14-2)9(11)10-8-6-4-3-5-7-8/h3-7H,1-2H3,(H,10,11). The smallest absolute Gasteiger partial charge is 0.316 e. The molecule has 1 N–H and O–H groups in total. The zero-order valence-electron chi connectivity index (χ0n) is 8.47. The molecule has 0 aliphatic carbocycles. The Morgan fingerprint density at radius 1 is 1.20 bits per heavy atom. The lowest BCUT2D eigenvalue weighted by Crippen LogP contribution is -2.12. The summed E-state index contributed by atoms with van der Waals surface area (Å²) in [5.74, 6) is 0. The van der Waals surface area contributed by atoms with E-state index >= 15 is 0 Å². The van der Waals surface area contributed by atoms with Crippen LogP contribution in [0.3, 0.4) is 0 Å². The lowest BCUT2D eigenvalue weighted by atomic mass is 10.3. The van der Waals surface area contributed by atoms with E-state index in [2.05, 4.69) is 14.4 Å². The van der Waals surface area contributed by atoms with E-state index in [1.54, 1.807) is 24.3 Å². The van der Waals surface area contributed by atoms with Gasteiger partial charge in [0, 0.05) is 19.9 Å². The Labute approximate surface area is 87.9 Å². The van der Waals surface area contributed by atoms with Crippen LogP contribution in [0.4, 0.5) is 10.5 Å². The minimum atomic E-state index is -3.69. The second-order valence-corrected chi connectivity index (χ2v) is 4.79. The molecule has 0 aromatic heterocycles. The van der Waals surface area contributed by atoms with E-state index in [0.717, 1.165) is 14.2 Å². The van der Waals surface area contributed by atoms with Crippen LogP contribution in [0.1, 0.15) is 0 Å². The monoisotopic (exact) mass is 229 g/mol. The molecule has 0 fully saturated rings. The van der Waals surface area contributed by atoms with E-state index in [9.17, 15) is 9.36 Å². The van der Waals surface area contributed by atoms with Crippen LogP contribution in [-0.4, -0.2) is 19.9 Å². The van der Waals surface area contributed by atoms with Crippen molar-refractivity contribution in [3.8, 4) is 0 Å². The average molecular weight is 229 g/mol. The highest BCUT2D eigenvalue weighted by Crippen LogP contribution is 2.47. The van der Waals surface area contributed by atoms with Crippen LogP contribution in [0.5, 0.6) is 0 Å². The number of hydrogen-bond acceptors (Lipinski definition) is 4. The highest BCUT2D eigenvalue weighted by atomic mass is 31.2. The highest BCUT2D eigenvalue weighted by molar-refractivity contribution is 7.72. The van der Waals surface area contributed by atoms with Crippen molar-refractivity contribution in [2.45, 2.75) is 0 Å². The molecule has 5 nitrogen and oxygen atoms in total. The number of para-hydroxylation sites is 1. The van der Waals surface area contributed by atoms with Gasteiger partial charge < -0.3 is 14.4 Å². The van der Waals surface area contributed by atoms with Gasteiger partial charge >= 0.3 is 13.2 Å². The van der Waals surface area contributed by atoms with Gasteiger partial charge in [-0.25, -0.2) is 4.57 Å². The summed E-state index contributed by atoms with van der Waals surface area (Å²) in [6.45, 7) is 0. The number of benzene rings is 1. The Morgan fingerprint density at radius 2 is 1.73 bits per heavy atom. The van der Waals surface area contributed by atoms with Crippen molar-refractivity contribution >= 4 is 18.9 Å². The zero-order valence-corrected chi connectivity index (χ0v) is 9.36. The van der Waals surface area contributed by atoms with Crippen molar-refractivity contribution in [1.82, 2.24) is 0 Å². The van der Waals surface area contributed by atoms with E-state index in [-0.39, 0.29) is 0 Å². The second kappa shape index (κ2) is 5.07. The van der Waals surface area contributed by atoms with Crippen molar-refractivity contribution in [1.29, 1.82) is 0 Å². The molecule has 1 amide bonds. The summed E-state index contributed by atoms with van der Waals surface area (Å²) in [6.07, 6.45) is 0. The van der Waals surface area contributed by atoms with Crippen LogP contribution in [0.25, 0.3) is 0 Å². The number of hydrogen-bond donors (Lipinski definition) is 1. The Kier molecular flexibility index (Phi) is 4.03. The predicted molar refractivity (Wildman–Crippen MR) is 57.1 cm³/mol. The third kappa shape index (κ3) is 2.89. The molecule has 0 saturated heterocycles. The number of rotatable bonds is 4. The summed E-state index contributed by atoms with van der Waals surface area (Å²) in [5.41, 5.74) is -0.240. The van der Waals surface area contributed by atoms with Gasteiger partial charge in [0.15, 0.2) is 0 Å². The Bertz CT molecular complexity index is 371. The quantitative estimate of drug-likeness (QED) is 0.806. The lowest BCUT2D eigenvalue weighted by molar-refractivity contribution is 0.242. The predicted octanol–water partition coefficient (Wildman–Crippen LogP) is 2.70. The second-order valence-electron chi connectivity index (χ2n) is 2.66. The minimum Gasteiger partial charge on any atom is -0.316 e. The van der Waals surface area contributed by atoms with E-state index in [1.165, 1.54) is 0 Å². The summed E-state index contributed by atoms with van der Waals surface area (Å²) in [6, 6.07) is 8.66. The van der Waals surface area contributed by atoms with Crippen molar-refractivity contribution in [3.63, 3.8) is 0 Å². The molecular weight excluding hydrogens is 217 g/mol. The maximum absolute atomic E-state index is 11.6. The molecule has 0 aliphatic heterocycles. The van der Waals surface area contributed by atoms with E-state index < -0.39 is 13.2 Å². The van der Waals surface area contributed by atoms with Crippen molar-refractivity contribution in [2.24, 2.45) is 0 Å². The molecule has 0 unspecified atom stereocenters. The largest absolute Gasteiger partial charge is 0.418 e. The van der Waals surface area contributed by atoms with Gasteiger partial charge in [-0.15, -0.1) is 0 Å². The van der Waals surface area contributed by atoms with Gasteiger partial charge in [0.25, 0.3) is 0 Å². The molecule has 6 heteroatoms. The first-order chi connectivity index (χ1) is 7.12. The van der Waals surface area contributed by atoms with Crippen molar-refractivity contribution in [2.75, 3.05) is 19.5 Å². The molecule has 0 saturated carbocycles. The van der Waals surface area contributed by atoms with Crippen LogP contribution in [0.2, 0.25) is 0 Å². The van der Waals surface area contributed by atoms with Gasteiger partial charge in [-0.1, -0.05) is 18.2 Å². The average Bonchev–Trinajstić information content (AvgIpc) is 2.29. The number of nitrogens with one attached hydrogen (secondary N) is 1. The molecule has 82 valence electrons. The zero-order chi connectivity index (χ0) is 11.3. The van der Waals surface area contributed by atoms with Crippen LogP contribution < -0.4 is 5.32 Å². The summed E-state index contributed by atoms with van der Waals surface area (Å²) < 4.78 is 20.7. The fraction of sp³-hybridized carbons (Fsp3) is 0.222. The van der Waals surface area contributed by atoms with Gasteiger partial charge in [0.05, 0.1) is 0 Å². The molecule has 0 heterocycles.